The molecule has 0 bridgehead atoms. The first-order valence-electron chi connectivity index (χ1n) is 5.80. The molecule has 8 heteroatoms. The summed E-state index contributed by atoms with van der Waals surface area (Å²) in [5.74, 6) is -0.462. The van der Waals surface area contributed by atoms with Gasteiger partial charge in [-0.3, -0.25) is 4.72 Å². The highest BCUT2D eigenvalue weighted by atomic mass is 32.2. The summed E-state index contributed by atoms with van der Waals surface area (Å²) in [6.45, 7) is 3.26. The van der Waals surface area contributed by atoms with Crippen molar-refractivity contribution in [2.45, 2.75) is 18.7 Å². The van der Waals surface area contributed by atoms with Crippen LogP contribution in [0.2, 0.25) is 0 Å². The molecule has 0 saturated carbocycles. The number of nitrogens with one attached hydrogen (secondary N) is 1. The zero-order chi connectivity index (χ0) is 15.1. The maximum absolute atomic E-state index is 13.2. The van der Waals surface area contributed by atoms with Crippen LogP contribution in [0.25, 0.3) is 0 Å². The summed E-state index contributed by atoms with van der Waals surface area (Å²) < 4.78 is 41.5. The lowest BCUT2D eigenvalue weighted by Crippen LogP contribution is -2.17. The van der Waals surface area contributed by atoms with Gasteiger partial charge >= 0.3 is 0 Å². The van der Waals surface area contributed by atoms with Gasteiger partial charge in [-0.05, 0) is 31.5 Å². The average Bonchev–Trinajstić information content (AvgIpc) is 2.59. The van der Waals surface area contributed by atoms with Crippen LogP contribution < -0.4 is 10.5 Å². The maximum Gasteiger partial charge on any atom is 0.263 e. The van der Waals surface area contributed by atoms with Crippen molar-refractivity contribution in [1.82, 2.24) is 9.78 Å². The van der Waals surface area contributed by atoms with E-state index in [1.807, 2.05) is 0 Å². The smallest absolute Gasteiger partial charge is 0.263 e. The molecule has 108 valence electrons. The summed E-state index contributed by atoms with van der Waals surface area (Å²) in [6, 6.07) is 3.58. The first-order chi connectivity index (χ1) is 9.22. The van der Waals surface area contributed by atoms with Crippen molar-refractivity contribution in [2.24, 2.45) is 7.05 Å². The molecule has 0 aliphatic heterocycles. The fourth-order valence-corrected chi connectivity index (χ4v) is 3.21. The number of aryl methyl sites for hydroxylation is 3. The minimum atomic E-state index is -3.93. The number of nitrogens with two attached hydrogens (primary N) is 1. The fourth-order valence-electron chi connectivity index (χ4n) is 1.84. The highest BCUT2D eigenvalue weighted by molar-refractivity contribution is 7.92. The van der Waals surface area contributed by atoms with Crippen molar-refractivity contribution >= 4 is 21.5 Å². The van der Waals surface area contributed by atoms with Gasteiger partial charge in [0, 0.05) is 7.05 Å². The standard InChI is InChI=1S/C12H15FN4O2S/c1-7-4-5-9(13)6-10(7)20(18,19)16-12-11(14)8(2)15-17(12)3/h4-6,16H,14H2,1-3H3. The Labute approximate surface area is 116 Å². The Bertz CT molecular complexity index is 768. The summed E-state index contributed by atoms with van der Waals surface area (Å²) >= 11 is 0. The highest BCUT2D eigenvalue weighted by Crippen LogP contribution is 2.25. The molecule has 1 aromatic carbocycles. The van der Waals surface area contributed by atoms with Gasteiger partial charge in [-0.15, -0.1) is 0 Å². The lowest BCUT2D eigenvalue weighted by Gasteiger charge is -2.11. The summed E-state index contributed by atoms with van der Waals surface area (Å²) in [6.07, 6.45) is 0. The lowest BCUT2D eigenvalue weighted by molar-refractivity contribution is 0.593. The Morgan fingerprint density at radius 2 is 2.00 bits per heavy atom. The normalized spacial score (nSPS) is 11.6. The quantitative estimate of drug-likeness (QED) is 0.899. The number of nitrogens with zero attached hydrogens (tertiary/aromatic N) is 2. The van der Waals surface area contributed by atoms with E-state index in [1.165, 1.54) is 16.8 Å². The van der Waals surface area contributed by atoms with Gasteiger partial charge in [0.1, 0.15) is 5.82 Å². The fraction of sp³-hybridized carbons (Fsp3) is 0.250. The van der Waals surface area contributed by atoms with Crippen molar-refractivity contribution in [3.8, 4) is 0 Å². The number of benzene rings is 1. The molecule has 0 unspecified atom stereocenters. The number of nitrogen functional groups attached to an aromatic ring is 1. The molecule has 6 nitrogen and oxygen atoms in total. The van der Waals surface area contributed by atoms with Crippen molar-refractivity contribution in [3.05, 3.63) is 35.3 Å². The zero-order valence-corrected chi connectivity index (χ0v) is 12.1. The van der Waals surface area contributed by atoms with E-state index in [1.54, 1.807) is 20.9 Å². The van der Waals surface area contributed by atoms with Crippen molar-refractivity contribution in [1.29, 1.82) is 0 Å². The predicted molar refractivity (Wildman–Crippen MR) is 74.3 cm³/mol. The first kappa shape index (κ1) is 14.3. The van der Waals surface area contributed by atoms with Gasteiger partial charge in [0.2, 0.25) is 0 Å². The summed E-state index contributed by atoms with van der Waals surface area (Å²) in [5.41, 5.74) is 6.97. The van der Waals surface area contributed by atoms with Gasteiger partial charge in [-0.2, -0.15) is 5.10 Å². The topological polar surface area (TPSA) is 90.0 Å². The van der Waals surface area contributed by atoms with Gasteiger partial charge in [0.05, 0.1) is 16.3 Å². The van der Waals surface area contributed by atoms with Crippen LogP contribution >= 0.6 is 0 Å². The molecule has 0 amide bonds. The molecule has 3 N–H and O–H groups in total. The molecule has 0 spiro atoms. The minimum Gasteiger partial charge on any atom is -0.394 e. The molecule has 1 heterocycles. The third kappa shape index (κ3) is 2.46. The SMILES string of the molecule is Cc1ccc(F)cc1S(=O)(=O)Nc1c(N)c(C)nn1C. The van der Waals surface area contributed by atoms with Gasteiger partial charge in [-0.1, -0.05) is 6.07 Å². The Morgan fingerprint density at radius 1 is 1.35 bits per heavy atom. The lowest BCUT2D eigenvalue weighted by atomic mass is 10.2. The molecule has 1 aromatic heterocycles. The Balaban J connectivity index is 2.49. The third-order valence-corrected chi connectivity index (χ3v) is 4.42. The molecule has 0 radical (unpaired) electrons. The van der Waals surface area contributed by atoms with E-state index >= 15 is 0 Å². The Hall–Kier alpha value is -2.09. The number of hydrogen-bond donors (Lipinski definition) is 2. The van der Waals surface area contributed by atoms with E-state index in [-0.39, 0.29) is 16.4 Å². The van der Waals surface area contributed by atoms with Crippen LogP contribution in [0.3, 0.4) is 0 Å². The van der Waals surface area contributed by atoms with Crippen molar-refractivity contribution < 1.29 is 12.8 Å². The van der Waals surface area contributed by atoms with Crippen LogP contribution in [-0.4, -0.2) is 18.2 Å². The van der Waals surface area contributed by atoms with Crippen LogP contribution in [-0.2, 0) is 17.1 Å². The van der Waals surface area contributed by atoms with Gasteiger partial charge < -0.3 is 5.73 Å². The van der Waals surface area contributed by atoms with Crippen LogP contribution in [0.1, 0.15) is 11.3 Å². The van der Waals surface area contributed by atoms with Crippen LogP contribution in [0, 0.1) is 19.7 Å². The number of halogens is 1. The Morgan fingerprint density at radius 3 is 2.55 bits per heavy atom. The monoisotopic (exact) mass is 298 g/mol. The average molecular weight is 298 g/mol. The second-order valence-corrected chi connectivity index (χ2v) is 6.14. The third-order valence-electron chi connectivity index (χ3n) is 2.94. The second-order valence-electron chi connectivity index (χ2n) is 4.49. The molecule has 0 fully saturated rings. The number of aromatic nitrogens is 2. The summed E-state index contributed by atoms with van der Waals surface area (Å²) in [4.78, 5) is -0.129. The molecular weight excluding hydrogens is 283 g/mol. The van der Waals surface area contributed by atoms with Gasteiger partial charge in [-0.25, -0.2) is 17.5 Å². The van der Waals surface area contributed by atoms with Crippen LogP contribution in [0.4, 0.5) is 15.9 Å². The Kier molecular flexibility index (Phi) is 3.43. The molecular formula is C12H15FN4O2S. The number of rotatable bonds is 3. The minimum absolute atomic E-state index is 0.129. The summed E-state index contributed by atoms with van der Waals surface area (Å²) in [5, 5.41) is 4.02. The number of sulfonamides is 1. The van der Waals surface area contributed by atoms with Crippen molar-refractivity contribution in [3.63, 3.8) is 0 Å². The molecule has 0 aliphatic carbocycles. The van der Waals surface area contributed by atoms with Gasteiger partial charge in [0.25, 0.3) is 10.0 Å². The summed E-state index contributed by atoms with van der Waals surface area (Å²) in [7, 11) is -2.36. The van der Waals surface area contributed by atoms with E-state index in [0.29, 0.717) is 11.3 Å². The molecule has 0 atom stereocenters. The number of hydrogen-bond acceptors (Lipinski definition) is 4. The molecule has 0 aliphatic rings. The van der Waals surface area contributed by atoms with Crippen LogP contribution in [0.5, 0.6) is 0 Å². The van der Waals surface area contributed by atoms with E-state index in [9.17, 15) is 12.8 Å². The molecule has 0 saturated heterocycles. The van der Waals surface area contributed by atoms with Crippen LogP contribution in [0.15, 0.2) is 23.1 Å². The number of anilines is 2. The molecule has 20 heavy (non-hydrogen) atoms. The first-order valence-corrected chi connectivity index (χ1v) is 7.28. The zero-order valence-electron chi connectivity index (χ0n) is 11.3. The van der Waals surface area contributed by atoms with E-state index in [0.717, 1.165) is 6.07 Å². The molecule has 2 rings (SSSR count). The second kappa shape index (κ2) is 4.78. The van der Waals surface area contributed by atoms with E-state index < -0.39 is 15.8 Å². The maximum atomic E-state index is 13.2. The van der Waals surface area contributed by atoms with E-state index in [2.05, 4.69) is 9.82 Å². The predicted octanol–water partition coefficient (Wildman–Crippen LogP) is 1.56. The van der Waals surface area contributed by atoms with Crippen molar-refractivity contribution in [2.75, 3.05) is 10.5 Å². The van der Waals surface area contributed by atoms with Gasteiger partial charge in [0.15, 0.2) is 5.82 Å². The largest absolute Gasteiger partial charge is 0.394 e. The highest BCUT2D eigenvalue weighted by Gasteiger charge is 2.21. The molecule has 2 aromatic rings. The van der Waals surface area contributed by atoms with E-state index in [4.69, 9.17) is 5.73 Å².